The molecule has 2 aromatic rings. The molecule has 0 saturated heterocycles. The summed E-state index contributed by atoms with van der Waals surface area (Å²) < 4.78 is 0. The highest BCUT2D eigenvalue weighted by atomic mass is 16.2. The SMILES string of the molecule is CC(C)(C)C(=O)NC(c1ccccc1)C(N)c1ccccc1. The fraction of sp³-hybridized carbons (Fsp3) is 0.316. The van der Waals surface area contributed by atoms with Gasteiger partial charge in [0.2, 0.25) is 5.91 Å². The summed E-state index contributed by atoms with van der Waals surface area (Å²) in [5.41, 5.74) is 8.01. The molecule has 0 saturated carbocycles. The molecule has 0 aliphatic carbocycles. The van der Waals surface area contributed by atoms with Crippen LogP contribution in [-0.4, -0.2) is 5.91 Å². The summed E-state index contributed by atoms with van der Waals surface area (Å²) in [6, 6.07) is 19.2. The Bertz CT molecular complexity index is 602. The summed E-state index contributed by atoms with van der Waals surface area (Å²) in [7, 11) is 0. The molecule has 116 valence electrons. The van der Waals surface area contributed by atoms with Crippen molar-refractivity contribution in [3.8, 4) is 0 Å². The molecule has 0 fully saturated rings. The molecular formula is C19H24N2O. The molecule has 0 aliphatic rings. The molecule has 3 N–H and O–H groups in total. The first-order valence-electron chi connectivity index (χ1n) is 7.56. The van der Waals surface area contributed by atoms with E-state index in [2.05, 4.69) is 5.32 Å². The number of nitrogens with one attached hydrogen (secondary N) is 1. The van der Waals surface area contributed by atoms with Crippen molar-refractivity contribution in [3.05, 3.63) is 71.8 Å². The minimum atomic E-state index is -0.455. The first-order valence-corrected chi connectivity index (χ1v) is 7.56. The lowest BCUT2D eigenvalue weighted by Gasteiger charge is -2.29. The lowest BCUT2D eigenvalue weighted by molar-refractivity contribution is -0.129. The van der Waals surface area contributed by atoms with Gasteiger partial charge in [-0.25, -0.2) is 0 Å². The number of amides is 1. The number of carbonyl (C=O) groups is 1. The zero-order valence-corrected chi connectivity index (χ0v) is 13.4. The minimum absolute atomic E-state index is 0.00673. The molecule has 3 heteroatoms. The Morgan fingerprint density at radius 1 is 0.909 bits per heavy atom. The fourth-order valence-corrected chi connectivity index (χ4v) is 2.27. The lowest BCUT2D eigenvalue weighted by Crippen LogP contribution is -2.41. The van der Waals surface area contributed by atoms with Gasteiger partial charge in [-0.1, -0.05) is 81.4 Å². The predicted octanol–water partition coefficient (Wildman–Crippen LogP) is 3.59. The summed E-state index contributed by atoms with van der Waals surface area (Å²) in [6.07, 6.45) is 0. The first kappa shape index (κ1) is 16.2. The van der Waals surface area contributed by atoms with Gasteiger partial charge in [0, 0.05) is 5.41 Å². The number of hydrogen-bond acceptors (Lipinski definition) is 2. The largest absolute Gasteiger partial charge is 0.347 e. The van der Waals surface area contributed by atoms with Gasteiger partial charge in [-0.05, 0) is 11.1 Å². The Balaban J connectivity index is 2.32. The number of carbonyl (C=O) groups excluding carboxylic acids is 1. The Labute approximate surface area is 132 Å². The van der Waals surface area contributed by atoms with Gasteiger partial charge in [0.05, 0.1) is 12.1 Å². The topological polar surface area (TPSA) is 55.1 Å². The van der Waals surface area contributed by atoms with Crippen molar-refractivity contribution in [1.82, 2.24) is 5.32 Å². The highest BCUT2D eigenvalue weighted by Gasteiger charge is 2.28. The molecule has 22 heavy (non-hydrogen) atoms. The van der Waals surface area contributed by atoms with Crippen LogP contribution in [0.2, 0.25) is 0 Å². The van der Waals surface area contributed by atoms with E-state index < -0.39 is 5.41 Å². The molecular weight excluding hydrogens is 272 g/mol. The molecule has 0 bridgehead atoms. The molecule has 2 aromatic carbocycles. The van der Waals surface area contributed by atoms with Crippen LogP contribution < -0.4 is 11.1 Å². The van der Waals surface area contributed by atoms with Crippen LogP contribution in [-0.2, 0) is 4.79 Å². The summed E-state index contributed by atoms with van der Waals surface area (Å²) in [4.78, 5) is 12.4. The highest BCUT2D eigenvalue weighted by Crippen LogP contribution is 2.28. The van der Waals surface area contributed by atoms with Crippen LogP contribution in [0.25, 0.3) is 0 Å². The molecule has 0 heterocycles. The van der Waals surface area contributed by atoms with Gasteiger partial charge >= 0.3 is 0 Å². The molecule has 2 rings (SSSR count). The summed E-state index contributed by atoms with van der Waals surface area (Å²) in [6.45, 7) is 5.70. The van der Waals surface area contributed by atoms with Gasteiger partial charge in [0.15, 0.2) is 0 Å². The molecule has 3 nitrogen and oxygen atoms in total. The maximum Gasteiger partial charge on any atom is 0.225 e. The van der Waals surface area contributed by atoms with Gasteiger partial charge in [-0.15, -0.1) is 0 Å². The van der Waals surface area contributed by atoms with Crippen molar-refractivity contribution in [2.75, 3.05) is 0 Å². The van der Waals surface area contributed by atoms with Crippen LogP contribution >= 0.6 is 0 Å². The molecule has 0 aliphatic heterocycles. The Kier molecular flexibility index (Phi) is 4.99. The zero-order chi connectivity index (χ0) is 16.2. The molecule has 1 amide bonds. The third kappa shape index (κ3) is 3.95. The van der Waals surface area contributed by atoms with E-state index in [0.29, 0.717) is 0 Å². The van der Waals surface area contributed by atoms with Crippen molar-refractivity contribution >= 4 is 5.91 Å². The second kappa shape index (κ2) is 6.75. The van der Waals surface area contributed by atoms with Gasteiger partial charge < -0.3 is 11.1 Å². The van der Waals surface area contributed by atoms with E-state index >= 15 is 0 Å². The number of rotatable bonds is 4. The van der Waals surface area contributed by atoms with Crippen LogP contribution in [0.4, 0.5) is 0 Å². The quantitative estimate of drug-likeness (QED) is 0.906. The Morgan fingerprint density at radius 3 is 1.82 bits per heavy atom. The predicted molar refractivity (Wildman–Crippen MR) is 90.2 cm³/mol. The first-order chi connectivity index (χ1) is 10.4. The van der Waals surface area contributed by atoms with Crippen LogP contribution in [0, 0.1) is 5.41 Å². The Morgan fingerprint density at radius 2 is 1.36 bits per heavy atom. The maximum atomic E-state index is 12.4. The fourth-order valence-electron chi connectivity index (χ4n) is 2.27. The van der Waals surface area contributed by atoms with Gasteiger partial charge in [0.1, 0.15) is 0 Å². The second-order valence-corrected chi connectivity index (χ2v) is 6.55. The maximum absolute atomic E-state index is 12.4. The minimum Gasteiger partial charge on any atom is -0.347 e. The van der Waals surface area contributed by atoms with Crippen molar-refractivity contribution in [3.63, 3.8) is 0 Å². The van der Waals surface area contributed by atoms with E-state index in [1.165, 1.54) is 0 Å². The number of benzene rings is 2. The number of hydrogen-bond donors (Lipinski definition) is 2. The third-order valence-corrected chi connectivity index (χ3v) is 3.67. The molecule has 2 atom stereocenters. The van der Waals surface area contributed by atoms with Crippen molar-refractivity contribution in [2.24, 2.45) is 11.1 Å². The van der Waals surface area contributed by atoms with Crippen LogP contribution in [0.5, 0.6) is 0 Å². The monoisotopic (exact) mass is 296 g/mol. The van der Waals surface area contributed by atoms with E-state index in [9.17, 15) is 4.79 Å². The summed E-state index contributed by atoms with van der Waals surface area (Å²) in [5, 5.41) is 3.11. The Hall–Kier alpha value is -2.13. The van der Waals surface area contributed by atoms with E-state index in [0.717, 1.165) is 11.1 Å². The number of nitrogens with two attached hydrogens (primary N) is 1. The van der Waals surface area contributed by atoms with Crippen molar-refractivity contribution in [1.29, 1.82) is 0 Å². The zero-order valence-electron chi connectivity index (χ0n) is 13.4. The summed E-state index contributed by atoms with van der Waals surface area (Å²) in [5.74, 6) is -0.00673. The average molecular weight is 296 g/mol. The molecule has 0 radical (unpaired) electrons. The second-order valence-electron chi connectivity index (χ2n) is 6.55. The normalized spacial score (nSPS) is 14.2. The average Bonchev–Trinajstić information content (AvgIpc) is 2.52. The van der Waals surface area contributed by atoms with E-state index in [4.69, 9.17) is 5.73 Å². The van der Waals surface area contributed by atoms with Crippen LogP contribution in [0.1, 0.15) is 44.0 Å². The van der Waals surface area contributed by atoms with Crippen LogP contribution in [0.3, 0.4) is 0 Å². The van der Waals surface area contributed by atoms with E-state index in [1.54, 1.807) is 0 Å². The standard InChI is InChI=1S/C19H24N2O/c1-19(2,3)18(22)21-17(15-12-8-5-9-13-15)16(20)14-10-6-4-7-11-14/h4-13,16-17H,20H2,1-3H3,(H,21,22). The smallest absolute Gasteiger partial charge is 0.225 e. The molecule has 0 aromatic heterocycles. The lowest BCUT2D eigenvalue weighted by atomic mass is 9.90. The third-order valence-electron chi connectivity index (χ3n) is 3.67. The van der Waals surface area contributed by atoms with Crippen LogP contribution in [0.15, 0.2) is 60.7 Å². The van der Waals surface area contributed by atoms with E-state index in [-0.39, 0.29) is 18.0 Å². The molecule has 2 unspecified atom stereocenters. The highest BCUT2D eigenvalue weighted by molar-refractivity contribution is 5.81. The van der Waals surface area contributed by atoms with Crippen molar-refractivity contribution < 1.29 is 4.79 Å². The molecule has 0 spiro atoms. The van der Waals surface area contributed by atoms with Crippen molar-refractivity contribution in [2.45, 2.75) is 32.9 Å². The van der Waals surface area contributed by atoms with Gasteiger partial charge in [-0.3, -0.25) is 4.79 Å². The van der Waals surface area contributed by atoms with E-state index in [1.807, 2.05) is 81.4 Å². The van der Waals surface area contributed by atoms with Gasteiger partial charge in [0.25, 0.3) is 0 Å². The summed E-state index contributed by atoms with van der Waals surface area (Å²) >= 11 is 0. The van der Waals surface area contributed by atoms with Gasteiger partial charge in [-0.2, -0.15) is 0 Å².